The molecule has 2 rings (SSSR count). The van der Waals surface area contributed by atoms with Crippen LogP contribution in [0.2, 0.25) is 0 Å². The zero-order chi connectivity index (χ0) is 15.2. The first-order chi connectivity index (χ1) is 10.2. The highest BCUT2D eigenvalue weighted by atomic mass is 79.9. The van der Waals surface area contributed by atoms with Crippen molar-refractivity contribution in [1.82, 2.24) is 20.6 Å². The Labute approximate surface area is 126 Å². The van der Waals surface area contributed by atoms with Crippen molar-refractivity contribution in [2.75, 3.05) is 5.32 Å². The van der Waals surface area contributed by atoms with Crippen LogP contribution in [-0.4, -0.2) is 25.5 Å². The maximum atomic E-state index is 11.0. The van der Waals surface area contributed by atoms with E-state index in [1.807, 2.05) is 6.07 Å². The molecule has 0 bridgehead atoms. The van der Waals surface area contributed by atoms with Gasteiger partial charge in [-0.05, 0) is 11.3 Å². The van der Waals surface area contributed by atoms with Crippen LogP contribution >= 0.6 is 15.9 Å². The second-order valence-electron chi connectivity index (χ2n) is 3.74. The summed E-state index contributed by atoms with van der Waals surface area (Å²) in [6, 6.07) is 6.56. The van der Waals surface area contributed by atoms with Gasteiger partial charge < -0.3 is 5.32 Å². The lowest BCUT2D eigenvalue weighted by Gasteiger charge is -2.07. The van der Waals surface area contributed by atoms with Crippen LogP contribution in [0.1, 0.15) is 11.4 Å². The highest BCUT2D eigenvalue weighted by Crippen LogP contribution is 2.28. The number of hydrogen-bond donors (Lipinski definition) is 2. The van der Waals surface area contributed by atoms with E-state index in [2.05, 4.69) is 41.9 Å². The van der Waals surface area contributed by atoms with Crippen LogP contribution in [0, 0.1) is 21.4 Å². The third kappa shape index (κ3) is 3.21. The molecule has 0 saturated heterocycles. The molecule has 0 aliphatic heterocycles. The Morgan fingerprint density at radius 1 is 1.62 bits per heavy atom. The molecule has 0 unspecified atom stereocenters. The molecule has 21 heavy (non-hydrogen) atoms. The number of nitro benzene ring substituents is 1. The lowest BCUT2D eigenvalue weighted by molar-refractivity contribution is -0.385. The lowest BCUT2D eigenvalue weighted by atomic mass is 10.1. The molecule has 2 aromatic rings. The molecule has 0 aliphatic rings. The summed E-state index contributed by atoms with van der Waals surface area (Å²) >= 11 is 3.22. The molecule has 0 radical (unpaired) electrons. The maximum absolute atomic E-state index is 11.0. The number of H-pyrrole nitrogens is 1. The molecule has 2 N–H and O–H groups in total. The van der Waals surface area contributed by atoms with Gasteiger partial charge in [-0.15, -0.1) is 10.2 Å². The van der Waals surface area contributed by atoms with Gasteiger partial charge in [-0.1, -0.05) is 22.0 Å². The van der Waals surface area contributed by atoms with Crippen LogP contribution in [0.4, 0.5) is 11.4 Å². The van der Waals surface area contributed by atoms with Crippen LogP contribution in [-0.2, 0) is 5.33 Å². The molecule has 0 amide bonds. The second kappa shape index (κ2) is 6.58. The molecule has 1 aromatic heterocycles. The van der Waals surface area contributed by atoms with Crippen molar-refractivity contribution in [3.05, 3.63) is 45.9 Å². The van der Waals surface area contributed by atoms with E-state index in [1.54, 1.807) is 12.1 Å². The molecular weight excluding hydrogens is 342 g/mol. The van der Waals surface area contributed by atoms with Crippen molar-refractivity contribution in [3.8, 4) is 6.07 Å². The van der Waals surface area contributed by atoms with Crippen LogP contribution in [0.15, 0.2) is 24.4 Å². The number of nitrogens with one attached hydrogen (secondary N) is 2. The molecule has 106 valence electrons. The minimum atomic E-state index is -0.462. The van der Waals surface area contributed by atoms with Crippen molar-refractivity contribution in [2.24, 2.45) is 0 Å². The molecular formula is C11H8BrN7O2. The molecule has 0 atom stereocenters. The Balaban J connectivity index is 2.34. The van der Waals surface area contributed by atoms with E-state index in [0.29, 0.717) is 16.6 Å². The molecule has 9 nitrogen and oxygen atoms in total. The molecule has 1 aromatic carbocycles. The van der Waals surface area contributed by atoms with Gasteiger partial charge in [-0.3, -0.25) is 10.1 Å². The normalized spacial score (nSPS) is 11.0. The summed E-state index contributed by atoms with van der Waals surface area (Å²) in [6.07, 6.45) is 1.37. The summed E-state index contributed by atoms with van der Waals surface area (Å²) in [5, 5.41) is 36.2. The SMILES string of the molecule is N#CC(=CNc1cccc([N+](=O)[O-])c1CBr)c1nn[nH]n1. The predicted octanol–water partition coefficient (Wildman–Crippen LogP) is 1.98. The van der Waals surface area contributed by atoms with Gasteiger partial charge in [0.2, 0.25) is 5.82 Å². The number of aromatic amines is 1. The highest BCUT2D eigenvalue weighted by molar-refractivity contribution is 9.08. The summed E-state index contributed by atoms with van der Waals surface area (Å²) in [7, 11) is 0. The van der Waals surface area contributed by atoms with Gasteiger partial charge in [0, 0.05) is 23.3 Å². The van der Waals surface area contributed by atoms with E-state index in [0.717, 1.165) is 0 Å². The maximum Gasteiger partial charge on any atom is 0.275 e. The first-order valence-electron chi connectivity index (χ1n) is 5.60. The Morgan fingerprint density at radius 3 is 3.00 bits per heavy atom. The predicted molar refractivity (Wildman–Crippen MR) is 77.1 cm³/mol. The highest BCUT2D eigenvalue weighted by Gasteiger charge is 2.16. The lowest BCUT2D eigenvalue weighted by Crippen LogP contribution is -2.00. The molecule has 10 heteroatoms. The zero-order valence-electron chi connectivity index (χ0n) is 10.4. The average Bonchev–Trinajstić information content (AvgIpc) is 3.01. The van der Waals surface area contributed by atoms with Crippen molar-refractivity contribution < 1.29 is 4.92 Å². The average molecular weight is 350 g/mol. The summed E-state index contributed by atoms with van der Waals surface area (Å²) in [5.41, 5.74) is 1.13. The van der Waals surface area contributed by atoms with Gasteiger partial charge in [-0.25, -0.2) is 0 Å². The summed E-state index contributed by atoms with van der Waals surface area (Å²) < 4.78 is 0. The summed E-state index contributed by atoms with van der Waals surface area (Å²) in [6.45, 7) is 0. The minimum Gasteiger partial charge on any atom is -0.360 e. The Hall–Kier alpha value is -2.80. The number of nitro groups is 1. The van der Waals surface area contributed by atoms with E-state index in [-0.39, 0.29) is 17.1 Å². The zero-order valence-corrected chi connectivity index (χ0v) is 12.0. The van der Waals surface area contributed by atoms with Gasteiger partial charge in [0.15, 0.2) is 0 Å². The van der Waals surface area contributed by atoms with Gasteiger partial charge in [-0.2, -0.15) is 10.5 Å². The third-order valence-corrected chi connectivity index (χ3v) is 3.12. The van der Waals surface area contributed by atoms with Crippen LogP contribution in [0.3, 0.4) is 0 Å². The fourth-order valence-corrected chi connectivity index (χ4v) is 2.18. The van der Waals surface area contributed by atoms with Crippen LogP contribution < -0.4 is 5.32 Å². The number of aromatic nitrogens is 4. The Bertz CT molecular complexity index is 721. The Kier molecular flexibility index (Phi) is 4.57. The topological polar surface area (TPSA) is 133 Å². The van der Waals surface area contributed by atoms with E-state index >= 15 is 0 Å². The summed E-state index contributed by atoms with van der Waals surface area (Å²) in [5.74, 6) is 0.135. The summed E-state index contributed by atoms with van der Waals surface area (Å²) in [4.78, 5) is 10.5. The number of nitriles is 1. The molecule has 1 heterocycles. The molecule has 0 spiro atoms. The first kappa shape index (κ1) is 14.6. The number of hydrogen-bond acceptors (Lipinski definition) is 7. The number of tetrazole rings is 1. The van der Waals surface area contributed by atoms with Crippen molar-refractivity contribution in [1.29, 1.82) is 5.26 Å². The van der Waals surface area contributed by atoms with Gasteiger partial charge in [0.05, 0.1) is 10.5 Å². The van der Waals surface area contributed by atoms with Crippen molar-refractivity contribution in [2.45, 2.75) is 5.33 Å². The number of rotatable bonds is 5. The van der Waals surface area contributed by atoms with E-state index in [4.69, 9.17) is 5.26 Å². The first-order valence-corrected chi connectivity index (χ1v) is 6.72. The Morgan fingerprint density at radius 2 is 2.43 bits per heavy atom. The number of anilines is 1. The van der Waals surface area contributed by atoms with Crippen LogP contribution in [0.5, 0.6) is 0 Å². The third-order valence-electron chi connectivity index (χ3n) is 2.56. The van der Waals surface area contributed by atoms with Gasteiger partial charge in [0.1, 0.15) is 11.6 Å². The number of halogens is 1. The molecule has 0 fully saturated rings. The van der Waals surface area contributed by atoms with Crippen molar-refractivity contribution in [3.63, 3.8) is 0 Å². The monoisotopic (exact) mass is 349 g/mol. The fraction of sp³-hybridized carbons (Fsp3) is 0.0909. The van der Waals surface area contributed by atoms with E-state index < -0.39 is 4.92 Å². The fourth-order valence-electron chi connectivity index (χ4n) is 1.59. The quantitative estimate of drug-likeness (QED) is 0.364. The standard InChI is InChI=1S/C11H8BrN7O2/c12-4-8-9(2-1-3-10(8)19(20)21)14-6-7(5-13)11-15-17-18-16-11/h1-3,6,14H,4H2,(H,15,16,17,18). The second-order valence-corrected chi connectivity index (χ2v) is 4.30. The molecule has 0 saturated carbocycles. The van der Waals surface area contributed by atoms with Gasteiger partial charge >= 0.3 is 0 Å². The van der Waals surface area contributed by atoms with Gasteiger partial charge in [0.25, 0.3) is 5.69 Å². The largest absolute Gasteiger partial charge is 0.360 e. The number of alkyl halides is 1. The van der Waals surface area contributed by atoms with Crippen LogP contribution in [0.25, 0.3) is 5.57 Å². The molecule has 0 aliphatic carbocycles. The number of nitrogens with zero attached hydrogens (tertiary/aromatic N) is 5. The number of allylic oxidation sites excluding steroid dienone is 1. The smallest absolute Gasteiger partial charge is 0.275 e. The van der Waals surface area contributed by atoms with E-state index in [9.17, 15) is 10.1 Å². The van der Waals surface area contributed by atoms with Crippen molar-refractivity contribution >= 4 is 32.9 Å². The number of benzene rings is 1. The minimum absolute atomic E-state index is 0.0108. The van der Waals surface area contributed by atoms with E-state index in [1.165, 1.54) is 12.3 Å².